The summed E-state index contributed by atoms with van der Waals surface area (Å²) in [5, 5.41) is 1.33. The molecule has 34 heavy (non-hydrogen) atoms. The monoisotopic (exact) mass is 485 g/mol. The summed E-state index contributed by atoms with van der Waals surface area (Å²) in [5.74, 6) is 0.319. The number of hydrogen-bond donors (Lipinski definition) is 1. The van der Waals surface area contributed by atoms with Crippen LogP contribution in [0.15, 0.2) is 18.2 Å². The van der Waals surface area contributed by atoms with Crippen molar-refractivity contribution in [1.29, 1.82) is 0 Å². The molecule has 1 unspecified atom stereocenters. The van der Waals surface area contributed by atoms with Crippen LogP contribution in [0.1, 0.15) is 54.0 Å². The molecule has 9 heteroatoms. The van der Waals surface area contributed by atoms with Crippen LogP contribution in [0.3, 0.4) is 0 Å². The molecule has 5 rings (SSSR count). The molecule has 184 valence electrons. The molecule has 1 aliphatic carbocycles. The zero-order chi connectivity index (χ0) is 23.5. The molecule has 2 N–H and O–H groups in total. The number of ether oxygens (including phenoxy) is 1. The quantitative estimate of drug-likeness (QED) is 0.705. The van der Waals surface area contributed by atoms with Gasteiger partial charge < -0.3 is 20.3 Å². The van der Waals surface area contributed by atoms with Gasteiger partial charge in [0.2, 0.25) is 5.91 Å². The van der Waals surface area contributed by atoms with E-state index in [1.807, 2.05) is 9.80 Å². The Balaban J connectivity index is 1.16. The van der Waals surface area contributed by atoms with Crippen molar-refractivity contribution in [3.8, 4) is 0 Å². The van der Waals surface area contributed by atoms with E-state index >= 15 is 0 Å². The number of morpholine rings is 1. The van der Waals surface area contributed by atoms with Gasteiger partial charge in [0.15, 0.2) is 5.69 Å². The number of anilines is 1. The number of rotatable bonds is 4. The van der Waals surface area contributed by atoms with E-state index in [0.717, 1.165) is 62.2 Å². The maximum atomic E-state index is 13.2. The summed E-state index contributed by atoms with van der Waals surface area (Å²) in [5.41, 5.74) is 7.67. The van der Waals surface area contributed by atoms with Crippen molar-refractivity contribution < 1.29 is 14.3 Å². The Hall–Kier alpha value is -2.23. The lowest BCUT2D eigenvalue weighted by Gasteiger charge is -2.43. The van der Waals surface area contributed by atoms with Crippen LogP contribution in [0.2, 0.25) is 0 Å². The Morgan fingerprint density at radius 1 is 1.03 bits per heavy atom. The number of aromatic nitrogens is 1. The fourth-order valence-electron chi connectivity index (χ4n) is 5.55. The molecule has 1 atom stereocenters. The number of piperidine rings is 2. The third kappa shape index (κ3) is 5.06. The van der Waals surface area contributed by atoms with Crippen molar-refractivity contribution in [3.63, 3.8) is 0 Å². The molecule has 3 saturated heterocycles. The fourth-order valence-corrected chi connectivity index (χ4v) is 6.39. The second-order valence-corrected chi connectivity index (χ2v) is 10.7. The molecule has 0 spiro atoms. The molecule has 0 radical (unpaired) electrons. The topological polar surface area (TPSA) is 92.0 Å². The molecule has 8 nitrogen and oxygen atoms in total. The van der Waals surface area contributed by atoms with Gasteiger partial charge >= 0.3 is 0 Å². The Kier molecular flexibility index (Phi) is 7.32. The van der Waals surface area contributed by atoms with Crippen LogP contribution < -0.4 is 5.73 Å². The number of thiazole rings is 1. The number of likely N-dealkylation sites (tertiary alicyclic amines) is 2. The third-order valence-electron chi connectivity index (χ3n) is 7.49. The standard InChI is InChI=1S/C25H35N5O3S/c26-22-21(27-23(34-22)18-5-2-1-3-6-18)25(32)28-11-8-20(9-12-28)30-10-4-7-19(17-30)24(31)29-13-15-33-16-14-29/h2,5-6,19-20H,1,3-4,7-17,26H2. The van der Waals surface area contributed by atoms with Crippen LogP contribution in [0.5, 0.6) is 0 Å². The molecule has 3 fully saturated rings. The third-order valence-corrected chi connectivity index (χ3v) is 8.42. The van der Waals surface area contributed by atoms with Crippen molar-refractivity contribution in [1.82, 2.24) is 19.7 Å². The summed E-state index contributed by atoms with van der Waals surface area (Å²) in [6.07, 6.45) is 12.3. The van der Waals surface area contributed by atoms with E-state index < -0.39 is 0 Å². The van der Waals surface area contributed by atoms with E-state index in [1.165, 1.54) is 11.3 Å². The molecule has 3 aliphatic heterocycles. The van der Waals surface area contributed by atoms with Crippen molar-refractivity contribution in [2.45, 2.75) is 44.6 Å². The van der Waals surface area contributed by atoms with Crippen molar-refractivity contribution in [2.24, 2.45) is 5.92 Å². The van der Waals surface area contributed by atoms with Gasteiger partial charge in [-0.25, -0.2) is 4.98 Å². The van der Waals surface area contributed by atoms with Crippen molar-refractivity contribution >= 4 is 33.7 Å². The Morgan fingerprint density at radius 3 is 2.56 bits per heavy atom. The summed E-state index contributed by atoms with van der Waals surface area (Å²) in [6, 6.07) is 0.421. The number of nitrogen functional groups attached to an aromatic ring is 1. The lowest BCUT2D eigenvalue weighted by molar-refractivity contribution is -0.141. The lowest BCUT2D eigenvalue weighted by atomic mass is 9.92. The highest BCUT2D eigenvalue weighted by molar-refractivity contribution is 7.17. The van der Waals surface area contributed by atoms with Crippen LogP contribution in [-0.2, 0) is 9.53 Å². The summed E-state index contributed by atoms with van der Waals surface area (Å²) in [4.78, 5) is 37.2. The van der Waals surface area contributed by atoms with E-state index in [2.05, 4.69) is 28.1 Å². The predicted molar refractivity (Wildman–Crippen MR) is 133 cm³/mol. The summed E-state index contributed by atoms with van der Waals surface area (Å²) in [6.45, 7) is 6.00. The number of carbonyl (C=O) groups excluding carboxylic acids is 2. The number of hydrogen-bond acceptors (Lipinski definition) is 7. The van der Waals surface area contributed by atoms with Gasteiger partial charge in [0.05, 0.1) is 19.1 Å². The van der Waals surface area contributed by atoms with Gasteiger partial charge in [0, 0.05) is 44.3 Å². The maximum absolute atomic E-state index is 13.2. The number of nitrogens with zero attached hydrogens (tertiary/aromatic N) is 4. The molecule has 1 aromatic rings. The minimum absolute atomic E-state index is 0.0575. The number of carbonyl (C=O) groups is 2. The van der Waals surface area contributed by atoms with Crippen LogP contribution in [-0.4, -0.2) is 90.0 Å². The highest BCUT2D eigenvalue weighted by atomic mass is 32.1. The fraction of sp³-hybridized carbons (Fsp3) is 0.640. The first-order valence-corrected chi connectivity index (χ1v) is 13.4. The molecule has 1 aromatic heterocycles. The van der Waals surface area contributed by atoms with Crippen molar-refractivity contribution in [3.05, 3.63) is 28.9 Å². The Bertz CT molecular complexity index is 960. The van der Waals surface area contributed by atoms with Gasteiger partial charge in [0.25, 0.3) is 5.91 Å². The summed E-state index contributed by atoms with van der Waals surface area (Å²) in [7, 11) is 0. The maximum Gasteiger partial charge on any atom is 0.275 e. The van der Waals surface area contributed by atoms with Gasteiger partial charge in [-0.3, -0.25) is 14.5 Å². The van der Waals surface area contributed by atoms with Gasteiger partial charge in [-0.15, -0.1) is 0 Å². The average molecular weight is 486 g/mol. The van der Waals surface area contributed by atoms with Crippen LogP contribution in [0, 0.1) is 5.92 Å². The van der Waals surface area contributed by atoms with Crippen LogP contribution in [0.25, 0.3) is 5.57 Å². The van der Waals surface area contributed by atoms with E-state index in [-0.39, 0.29) is 11.8 Å². The second kappa shape index (κ2) is 10.6. The van der Waals surface area contributed by atoms with Crippen molar-refractivity contribution in [2.75, 3.05) is 58.2 Å². The number of nitrogens with two attached hydrogens (primary N) is 1. The average Bonchev–Trinajstić information content (AvgIpc) is 3.30. The molecule has 4 aliphatic rings. The highest BCUT2D eigenvalue weighted by Gasteiger charge is 2.35. The smallest absolute Gasteiger partial charge is 0.275 e. The minimum atomic E-state index is -0.0575. The largest absolute Gasteiger partial charge is 0.389 e. The first-order valence-electron chi connectivity index (χ1n) is 12.6. The highest BCUT2D eigenvalue weighted by Crippen LogP contribution is 2.31. The Labute approximate surface area is 205 Å². The van der Waals surface area contributed by atoms with E-state index in [9.17, 15) is 9.59 Å². The predicted octanol–water partition coefficient (Wildman–Crippen LogP) is 2.63. The van der Waals surface area contributed by atoms with Gasteiger partial charge in [-0.1, -0.05) is 29.6 Å². The molecular formula is C25H35N5O3S. The van der Waals surface area contributed by atoms with Gasteiger partial charge in [-0.05, 0) is 45.1 Å². The number of allylic oxidation sites excluding steroid dienone is 4. The molecule has 4 heterocycles. The van der Waals surface area contributed by atoms with E-state index in [0.29, 0.717) is 62.0 Å². The lowest BCUT2D eigenvalue weighted by Crippen LogP contribution is -2.53. The molecule has 0 saturated carbocycles. The second-order valence-electron chi connectivity index (χ2n) is 9.67. The van der Waals surface area contributed by atoms with Crippen LogP contribution >= 0.6 is 11.3 Å². The molecule has 0 aromatic carbocycles. The van der Waals surface area contributed by atoms with E-state index in [4.69, 9.17) is 10.5 Å². The normalized spacial score (nSPS) is 24.8. The summed E-state index contributed by atoms with van der Waals surface area (Å²) >= 11 is 1.40. The SMILES string of the molecule is Nc1sc(C2=CCCC=C2)nc1C(=O)N1CCC(N2CCCC(C(=O)N3CCOCC3)C2)CC1. The molecule has 2 amide bonds. The van der Waals surface area contributed by atoms with Crippen LogP contribution in [0.4, 0.5) is 5.00 Å². The number of amides is 2. The minimum Gasteiger partial charge on any atom is -0.389 e. The zero-order valence-electron chi connectivity index (χ0n) is 19.8. The molecule has 0 bridgehead atoms. The summed E-state index contributed by atoms with van der Waals surface area (Å²) < 4.78 is 5.40. The van der Waals surface area contributed by atoms with Gasteiger partial charge in [-0.2, -0.15) is 0 Å². The van der Waals surface area contributed by atoms with E-state index in [1.54, 1.807) is 0 Å². The van der Waals surface area contributed by atoms with Gasteiger partial charge in [0.1, 0.15) is 10.0 Å². The zero-order valence-corrected chi connectivity index (χ0v) is 20.6. The molecular weight excluding hydrogens is 450 g/mol. The first kappa shape index (κ1) is 23.5. The Morgan fingerprint density at radius 2 is 1.82 bits per heavy atom. The first-order chi connectivity index (χ1) is 16.6.